The van der Waals surface area contributed by atoms with E-state index < -0.39 is 0 Å². The molecule has 0 atom stereocenters. The van der Waals surface area contributed by atoms with Gasteiger partial charge in [-0.3, -0.25) is 4.79 Å². The molecule has 0 aliphatic rings. The van der Waals surface area contributed by atoms with Crippen molar-refractivity contribution in [3.05, 3.63) is 48.3 Å². The summed E-state index contributed by atoms with van der Waals surface area (Å²) < 4.78 is 1.66. The standard InChI is InChI=1S/C15H17N5OS/c1-10(21)18-13-5-4-12-9-17-20(14(12)8-13)15(6-7-16)19-11(2)22-3/h4-9H,2,16H2,1,3H3,(H,18,21)/b7-6-,19-15?. The first kappa shape index (κ1) is 15.8. The maximum Gasteiger partial charge on any atom is 0.221 e. The van der Waals surface area contributed by atoms with Gasteiger partial charge >= 0.3 is 0 Å². The molecule has 0 spiro atoms. The van der Waals surface area contributed by atoms with Gasteiger partial charge in [-0.05, 0) is 36.7 Å². The van der Waals surface area contributed by atoms with Crippen molar-refractivity contribution in [3.8, 4) is 0 Å². The predicted octanol–water partition coefficient (Wildman–Crippen LogP) is 2.55. The Bertz CT molecular complexity index is 775. The van der Waals surface area contributed by atoms with Gasteiger partial charge in [0.05, 0.1) is 16.7 Å². The van der Waals surface area contributed by atoms with E-state index >= 15 is 0 Å². The fourth-order valence-corrected chi connectivity index (χ4v) is 2.08. The quantitative estimate of drug-likeness (QED) is 0.670. The van der Waals surface area contributed by atoms with Crippen LogP contribution in [0.25, 0.3) is 10.9 Å². The van der Waals surface area contributed by atoms with Crippen LogP contribution in [0.2, 0.25) is 0 Å². The maximum atomic E-state index is 11.2. The lowest BCUT2D eigenvalue weighted by Crippen LogP contribution is -2.12. The molecule has 0 fully saturated rings. The van der Waals surface area contributed by atoms with Crippen molar-refractivity contribution in [1.29, 1.82) is 0 Å². The summed E-state index contributed by atoms with van der Waals surface area (Å²) in [5.41, 5.74) is 7.01. The monoisotopic (exact) mass is 315 g/mol. The minimum atomic E-state index is -0.128. The second-order valence-corrected chi connectivity index (χ2v) is 5.32. The SMILES string of the molecule is C=C(N=C(/C=C\N)n1ncc2ccc(NC(C)=O)cc21)SC. The van der Waals surface area contributed by atoms with E-state index in [1.165, 1.54) is 24.9 Å². The number of hydrogen-bond donors (Lipinski definition) is 2. The van der Waals surface area contributed by atoms with Gasteiger partial charge in [-0.2, -0.15) is 5.10 Å². The van der Waals surface area contributed by atoms with Crippen molar-refractivity contribution in [3.63, 3.8) is 0 Å². The van der Waals surface area contributed by atoms with Crippen LogP contribution in [0.15, 0.2) is 53.3 Å². The number of nitrogens with two attached hydrogens (primary N) is 1. The second-order valence-electron chi connectivity index (χ2n) is 4.44. The number of anilines is 1. The number of fused-ring (bicyclic) bond motifs is 1. The lowest BCUT2D eigenvalue weighted by molar-refractivity contribution is -0.114. The molecule has 1 aromatic heterocycles. The van der Waals surface area contributed by atoms with Crippen molar-refractivity contribution >= 4 is 40.1 Å². The predicted molar refractivity (Wildman–Crippen MR) is 92.9 cm³/mol. The number of aromatic nitrogens is 2. The number of nitrogens with one attached hydrogen (secondary N) is 1. The van der Waals surface area contributed by atoms with Crippen LogP contribution in [0.1, 0.15) is 6.92 Å². The third-order valence-corrected chi connectivity index (χ3v) is 3.39. The van der Waals surface area contributed by atoms with Crippen LogP contribution in [-0.4, -0.2) is 27.8 Å². The molecule has 6 nitrogen and oxygen atoms in total. The summed E-state index contributed by atoms with van der Waals surface area (Å²) in [5.74, 6) is 0.425. The molecule has 3 N–H and O–H groups in total. The average molecular weight is 315 g/mol. The minimum absolute atomic E-state index is 0.128. The molecule has 1 amide bonds. The molecular formula is C15H17N5OS. The number of carbonyl (C=O) groups excluding carboxylic acids is 1. The average Bonchev–Trinajstić information content (AvgIpc) is 2.89. The minimum Gasteiger partial charge on any atom is -0.404 e. The van der Waals surface area contributed by atoms with Crippen LogP contribution in [-0.2, 0) is 4.79 Å². The number of carbonyl (C=O) groups is 1. The van der Waals surface area contributed by atoms with Gasteiger partial charge in [0.25, 0.3) is 0 Å². The van der Waals surface area contributed by atoms with Gasteiger partial charge < -0.3 is 11.1 Å². The van der Waals surface area contributed by atoms with Gasteiger partial charge in [0.15, 0.2) is 5.84 Å². The van der Waals surface area contributed by atoms with Crippen molar-refractivity contribution in [2.24, 2.45) is 10.7 Å². The Morgan fingerprint density at radius 1 is 1.55 bits per heavy atom. The van der Waals surface area contributed by atoms with Crippen molar-refractivity contribution in [2.45, 2.75) is 6.92 Å². The normalized spacial score (nSPS) is 12.0. The van der Waals surface area contributed by atoms with Crippen LogP contribution in [0.3, 0.4) is 0 Å². The zero-order valence-electron chi connectivity index (χ0n) is 12.4. The van der Waals surface area contributed by atoms with E-state index in [1.807, 2.05) is 24.5 Å². The molecule has 0 aliphatic heterocycles. The molecule has 0 unspecified atom stereocenters. The highest BCUT2D eigenvalue weighted by Gasteiger charge is 2.08. The van der Waals surface area contributed by atoms with E-state index in [1.54, 1.807) is 17.0 Å². The number of aliphatic imine (C=N–C) groups is 1. The van der Waals surface area contributed by atoms with Gasteiger partial charge in [0.1, 0.15) is 0 Å². The van der Waals surface area contributed by atoms with E-state index in [-0.39, 0.29) is 5.91 Å². The molecule has 22 heavy (non-hydrogen) atoms. The lowest BCUT2D eigenvalue weighted by atomic mass is 10.2. The zero-order chi connectivity index (χ0) is 16.1. The number of rotatable bonds is 4. The Balaban J connectivity index is 2.55. The van der Waals surface area contributed by atoms with Crippen LogP contribution in [0, 0.1) is 0 Å². The van der Waals surface area contributed by atoms with E-state index in [9.17, 15) is 4.79 Å². The van der Waals surface area contributed by atoms with Gasteiger partial charge in [-0.15, -0.1) is 11.8 Å². The van der Waals surface area contributed by atoms with Gasteiger partial charge in [0.2, 0.25) is 5.91 Å². The summed E-state index contributed by atoms with van der Waals surface area (Å²) in [5, 5.41) is 8.67. The highest BCUT2D eigenvalue weighted by Crippen LogP contribution is 2.20. The van der Waals surface area contributed by atoms with E-state index in [4.69, 9.17) is 5.73 Å². The van der Waals surface area contributed by atoms with E-state index in [2.05, 4.69) is 22.0 Å². The largest absolute Gasteiger partial charge is 0.404 e. The first-order chi connectivity index (χ1) is 10.5. The number of thioether (sulfide) groups is 1. The summed E-state index contributed by atoms with van der Waals surface area (Å²) in [6, 6.07) is 5.55. The molecule has 1 aromatic carbocycles. The Labute approximate surface area is 132 Å². The molecule has 0 bridgehead atoms. The molecule has 0 saturated carbocycles. The molecule has 0 aliphatic carbocycles. The van der Waals surface area contributed by atoms with Crippen LogP contribution >= 0.6 is 11.8 Å². The third kappa shape index (κ3) is 3.56. The molecule has 2 rings (SSSR count). The fraction of sp³-hybridized carbons (Fsp3) is 0.133. The molecule has 2 aromatic rings. The smallest absolute Gasteiger partial charge is 0.221 e. The Morgan fingerprint density at radius 2 is 2.32 bits per heavy atom. The topological polar surface area (TPSA) is 85.3 Å². The van der Waals surface area contributed by atoms with Crippen LogP contribution in [0.4, 0.5) is 5.69 Å². The second kappa shape index (κ2) is 6.95. The van der Waals surface area contributed by atoms with Gasteiger partial charge in [-0.25, -0.2) is 9.67 Å². The highest BCUT2D eigenvalue weighted by atomic mass is 32.2. The summed E-state index contributed by atoms with van der Waals surface area (Å²) in [4.78, 5) is 15.6. The number of hydrogen-bond acceptors (Lipinski definition) is 5. The van der Waals surface area contributed by atoms with Crippen molar-refractivity contribution < 1.29 is 4.79 Å². The number of amides is 1. The molecular weight excluding hydrogens is 298 g/mol. The first-order valence-corrected chi connectivity index (χ1v) is 7.73. The first-order valence-electron chi connectivity index (χ1n) is 6.50. The van der Waals surface area contributed by atoms with Gasteiger partial charge in [0, 0.05) is 18.0 Å². The van der Waals surface area contributed by atoms with Gasteiger partial charge in [-0.1, -0.05) is 6.58 Å². The van der Waals surface area contributed by atoms with Crippen molar-refractivity contribution in [2.75, 3.05) is 11.6 Å². The third-order valence-electron chi connectivity index (χ3n) is 2.83. The Hall–Kier alpha value is -2.54. The lowest BCUT2D eigenvalue weighted by Gasteiger charge is -2.06. The maximum absolute atomic E-state index is 11.2. The van der Waals surface area contributed by atoms with E-state index in [0.29, 0.717) is 16.6 Å². The summed E-state index contributed by atoms with van der Waals surface area (Å²) in [7, 11) is 0. The number of benzene rings is 1. The van der Waals surface area contributed by atoms with Crippen molar-refractivity contribution in [1.82, 2.24) is 9.78 Å². The van der Waals surface area contributed by atoms with E-state index in [0.717, 1.165) is 10.9 Å². The summed E-state index contributed by atoms with van der Waals surface area (Å²) >= 11 is 1.44. The fourth-order valence-electron chi connectivity index (χ4n) is 1.90. The molecule has 1 heterocycles. The Kier molecular flexibility index (Phi) is 5.00. The number of nitrogens with zero attached hydrogens (tertiary/aromatic N) is 3. The molecule has 0 radical (unpaired) electrons. The van der Waals surface area contributed by atoms with Crippen LogP contribution < -0.4 is 11.1 Å². The summed E-state index contributed by atoms with van der Waals surface area (Å²) in [6.07, 6.45) is 6.68. The molecule has 114 valence electrons. The zero-order valence-corrected chi connectivity index (χ0v) is 13.2. The highest BCUT2D eigenvalue weighted by molar-refractivity contribution is 8.02. The Morgan fingerprint density at radius 3 is 2.95 bits per heavy atom. The van der Waals surface area contributed by atoms with Crippen LogP contribution in [0.5, 0.6) is 0 Å². The summed E-state index contributed by atoms with van der Waals surface area (Å²) in [6.45, 7) is 5.31. The molecule has 7 heteroatoms. The molecule has 0 saturated heterocycles. The number of allylic oxidation sites excluding steroid dienone is 1.